The highest BCUT2D eigenvalue weighted by Crippen LogP contribution is 2.26. The van der Waals surface area contributed by atoms with Crippen molar-refractivity contribution < 1.29 is 0 Å². The molecule has 0 saturated carbocycles. The zero-order valence-corrected chi connectivity index (χ0v) is 13.6. The molecule has 1 nitrogen and oxygen atoms in total. The summed E-state index contributed by atoms with van der Waals surface area (Å²) in [6.07, 6.45) is 3.33. The lowest BCUT2D eigenvalue weighted by Crippen LogP contribution is -2.23. The van der Waals surface area contributed by atoms with Gasteiger partial charge < -0.3 is 5.32 Å². The van der Waals surface area contributed by atoms with Gasteiger partial charge in [0.15, 0.2) is 0 Å². The SMILES string of the molecule is CCNC(Cc1ccc(CC)s1)c1ccccc1CC. The van der Waals surface area contributed by atoms with Crippen molar-refractivity contribution in [2.45, 2.75) is 46.1 Å². The first-order valence-corrected chi connectivity index (χ1v) is 8.48. The van der Waals surface area contributed by atoms with E-state index in [1.807, 2.05) is 11.3 Å². The zero-order valence-electron chi connectivity index (χ0n) is 12.8. The van der Waals surface area contributed by atoms with Crippen LogP contribution in [-0.2, 0) is 19.3 Å². The van der Waals surface area contributed by atoms with E-state index in [4.69, 9.17) is 0 Å². The Bertz CT molecular complexity index is 530. The van der Waals surface area contributed by atoms with Crippen molar-refractivity contribution >= 4 is 11.3 Å². The molecule has 1 unspecified atom stereocenters. The maximum absolute atomic E-state index is 3.66. The molecule has 0 saturated heterocycles. The number of hydrogen-bond donors (Lipinski definition) is 1. The molecule has 20 heavy (non-hydrogen) atoms. The molecule has 0 aliphatic rings. The third kappa shape index (κ3) is 3.71. The van der Waals surface area contributed by atoms with E-state index in [-0.39, 0.29) is 0 Å². The molecule has 108 valence electrons. The lowest BCUT2D eigenvalue weighted by atomic mass is 9.96. The van der Waals surface area contributed by atoms with E-state index >= 15 is 0 Å². The van der Waals surface area contributed by atoms with Crippen LogP contribution >= 0.6 is 11.3 Å². The Morgan fingerprint density at radius 2 is 1.70 bits per heavy atom. The molecule has 0 spiro atoms. The summed E-state index contributed by atoms with van der Waals surface area (Å²) < 4.78 is 0. The first-order valence-electron chi connectivity index (χ1n) is 7.67. The van der Waals surface area contributed by atoms with Crippen molar-refractivity contribution in [1.82, 2.24) is 5.32 Å². The predicted molar refractivity (Wildman–Crippen MR) is 89.6 cm³/mol. The third-order valence-corrected chi connectivity index (χ3v) is 4.98. The van der Waals surface area contributed by atoms with Crippen LogP contribution in [0.25, 0.3) is 0 Å². The summed E-state index contributed by atoms with van der Waals surface area (Å²) in [6, 6.07) is 13.8. The zero-order chi connectivity index (χ0) is 14.4. The number of rotatable bonds is 7. The minimum Gasteiger partial charge on any atom is -0.310 e. The second kappa shape index (κ2) is 7.61. The standard InChI is InChI=1S/C18H25NS/c1-4-14-9-7-8-10-17(14)18(19-6-3)13-16-12-11-15(5-2)20-16/h7-12,18-19H,4-6,13H2,1-3H3. The fraction of sp³-hybridized carbons (Fsp3) is 0.444. The van der Waals surface area contributed by atoms with Gasteiger partial charge in [0.25, 0.3) is 0 Å². The molecule has 0 amide bonds. The van der Waals surface area contributed by atoms with Crippen molar-refractivity contribution in [3.63, 3.8) is 0 Å². The summed E-state index contributed by atoms with van der Waals surface area (Å²) >= 11 is 1.96. The monoisotopic (exact) mass is 287 g/mol. The lowest BCUT2D eigenvalue weighted by molar-refractivity contribution is 0.549. The molecular weight excluding hydrogens is 262 g/mol. The second-order valence-corrected chi connectivity index (χ2v) is 6.34. The highest BCUT2D eigenvalue weighted by Gasteiger charge is 2.15. The quantitative estimate of drug-likeness (QED) is 0.773. The summed E-state index contributed by atoms with van der Waals surface area (Å²) in [7, 11) is 0. The largest absolute Gasteiger partial charge is 0.310 e. The molecule has 2 aromatic rings. The van der Waals surface area contributed by atoms with Gasteiger partial charge in [-0.1, -0.05) is 45.0 Å². The predicted octanol–water partition coefficient (Wildman–Crippen LogP) is 4.77. The number of thiophene rings is 1. The van der Waals surface area contributed by atoms with Crippen LogP contribution in [0, 0.1) is 0 Å². The van der Waals surface area contributed by atoms with Crippen LogP contribution in [0.3, 0.4) is 0 Å². The van der Waals surface area contributed by atoms with Crippen molar-refractivity contribution in [1.29, 1.82) is 0 Å². The molecule has 1 N–H and O–H groups in total. The highest BCUT2D eigenvalue weighted by atomic mass is 32.1. The van der Waals surface area contributed by atoms with E-state index in [2.05, 4.69) is 62.5 Å². The van der Waals surface area contributed by atoms with E-state index < -0.39 is 0 Å². The Labute approximate surface area is 127 Å². The molecule has 2 heteroatoms. The van der Waals surface area contributed by atoms with Gasteiger partial charge in [-0.05, 0) is 42.6 Å². The molecule has 0 bridgehead atoms. The summed E-state index contributed by atoms with van der Waals surface area (Å²) in [5.74, 6) is 0. The first-order chi connectivity index (χ1) is 9.78. The Balaban J connectivity index is 2.21. The van der Waals surface area contributed by atoms with E-state index in [1.165, 1.54) is 20.9 Å². The number of aryl methyl sites for hydroxylation is 2. The third-order valence-electron chi connectivity index (χ3n) is 3.73. The van der Waals surface area contributed by atoms with Crippen LogP contribution in [0.2, 0.25) is 0 Å². The molecule has 1 aromatic carbocycles. The molecule has 1 atom stereocenters. The summed E-state index contributed by atoms with van der Waals surface area (Å²) in [6.45, 7) is 7.66. The maximum Gasteiger partial charge on any atom is 0.0371 e. The summed E-state index contributed by atoms with van der Waals surface area (Å²) in [5, 5.41) is 3.66. The average molecular weight is 287 g/mol. The van der Waals surface area contributed by atoms with Crippen molar-refractivity contribution in [3.05, 3.63) is 57.3 Å². The van der Waals surface area contributed by atoms with Gasteiger partial charge in [-0.25, -0.2) is 0 Å². The smallest absolute Gasteiger partial charge is 0.0371 e. The van der Waals surface area contributed by atoms with E-state index in [0.717, 1.165) is 25.8 Å². The second-order valence-electron chi connectivity index (χ2n) is 5.09. The Kier molecular flexibility index (Phi) is 5.81. The Morgan fingerprint density at radius 3 is 2.35 bits per heavy atom. The lowest BCUT2D eigenvalue weighted by Gasteiger charge is -2.20. The number of hydrogen-bond acceptors (Lipinski definition) is 2. The number of nitrogens with one attached hydrogen (secondary N) is 1. The van der Waals surface area contributed by atoms with E-state index in [1.54, 1.807) is 0 Å². The van der Waals surface area contributed by atoms with Gasteiger partial charge in [0.05, 0.1) is 0 Å². The number of likely N-dealkylation sites (N-methyl/N-ethyl adjacent to an activating group) is 1. The minimum atomic E-state index is 0.430. The molecular formula is C18H25NS. The van der Waals surface area contributed by atoms with Gasteiger partial charge in [0.1, 0.15) is 0 Å². The fourth-order valence-electron chi connectivity index (χ4n) is 2.66. The normalized spacial score (nSPS) is 12.6. The molecule has 1 heterocycles. The fourth-order valence-corrected chi connectivity index (χ4v) is 3.66. The molecule has 0 aliphatic carbocycles. The van der Waals surface area contributed by atoms with Gasteiger partial charge in [-0.3, -0.25) is 0 Å². The van der Waals surface area contributed by atoms with Crippen molar-refractivity contribution in [2.75, 3.05) is 6.54 Å². The Hall–Kier alpha value is -1.12. The molecule has 2 rings (SSSR count). The van der Waals surface area contributed by atoms with Gasteiger partial charge in [-0.15, -0.1) is 11.3 Å². The van der Waals surface area contributed by atoms with Gasteiger partial charge in [0, 0.05) is 22.2 Å². The van der Waals surface area contributed by atoms with E-state index in [0.29, 0.717) is 6.04 Å². The van der Waals surface area contributed by atoms with Gasteiger partial charge >= 0.3 is 0 Å². The number of benzene rings is 1. The van der Waals surface area contributed by atoms with Crippen LogP contribution in [0.15, 0.2) is 36.4 Å². The van der Waals surface area contributed by atoms with Gasteiger partial charge in [-0.2, -0.15) is 0 Å². The van der Waals surface area contributed by atoms with Gasteiger partial charge in [0.2, 0.25) is 0 Å². The maximum atomic E-state index is 3.66. The highest BCUT2D eigenvalue weighted by molar-refractivity contribution is 7.11. The van der Waals surface area contributed by atoms with Crippen LogP contribution < -0.4 is 5.32 Å². The van der Waals surface area contributed by atoms with Crippen LogP contribution in [0.1, 0.15) is 47.7 Å². The van der Waals surface area contributed by atoms with Crippen molar-refractivity contribution in [2.24, 2.45) is 0 Å². The molecule has 0 fully saturated rings. The average Bonchev–Trinajstić information content (AvgIpc) is 2.94. The van der Waals surface area contributed by atoms with Crippen LogP contribution in [0.5, 0.6) is 0 Å². The molecule has 0 aliphatic heterocycles. The summed E-state index contributed by atoms with van der Waals surface area (Å²) in [5.41, 5.74) is 2.93. The first kappa shape index (κ1) is 15.3. The van der Waals surface area contributed by atoms with Crippen LogP contribution in [0.4, 0.5) is 0 Å². The Morgan fingerprint density at radius 1 is 0.950 bits per heavy atom. The topological polar surface area (TPSA) is 12.0 Å². The molecule has 1 aromatic heterocycles. The summed E-state index contributed by atoms with van der Waals surface area (Å²) in [4.78, 5) is 2.97. The minimum absolute atomic E-state index is 0.430. The van der Waals surface area contributed by atoms with Crippen molar-refractivity contribution in [3.8, 4) is 0 Å². The molecule has 0 radical (unpaired) electrons. The van der Waals surface area contributed by atoms with Crippen LogP contribution in [-0.4, -0.2) is 6.54 Å². The van der Waals surface area contributed by atoms with E-state index in [9.17, 15) is 0 Å².